The summed E-state index contributed by atoms with van der Waals surface area (Å²) in [6.07, 6.45) is 0. The summed E-state index contributed by atoms with van der Waals surface area (Å²) in [7, 11) is 0. The predicted octanol–water partition coefficient (Wildman–Crippen LogP) is -1.45. The summed E-state index contributed by atoms with van der Waals surface area (Å²) in [5, 5.41) is 12.0. The van der Waals surface area contributed by atoms with E-state index in [0.29, 0.717) is 0 Å². The van der Waals surface area contributed by atoms with Crippen LogP contribution < -0.4 is 56.5 Å². The number of rotatable bonds is 0. The van der Waals surface area contributed by atoms with Crippen LogP contribution in [-0.2, 0) is 0 Å². The molecule has 0 aliphatic carbocycles. The Hall–Kier alpha value is 0.196. The Morgan fingerprint density at radius 2 is 2.08 bits per heavy atom. The molecule has 0 radical (unpaired) electrons. The maximum Gasteiger partial charge on any atom is 1.00 e. The maximum atomic E-state index is 11.2. The number of hydrogen-bond acceptors (Lipinski definition) is 1. The van der Waals surface area contributed by atoms with Crippen LogP contribution in [0.5, 0.6) is 5.75 Å². The Morgan fingerprint density at radius 1 is 1.33 bits per heavy atom. The van der Waals surface area contributed by atoms with Gasteiger partial charge in [-0.2, -0.15) is 0 Å². The number of nitrogens with one attached hydrogen (secondary N) is 1. The van der Waals surface area contributed by atoms with Gasteiger partial charge in [0, 0.05) is 11.2 Å². The van der Waals surface area contributed by atoms with Crippen LogP contribution in [-0.4, -0.2) is 4.98 Å². The van der Waals surface area contributed by atoms with Crippen LogP contribution in [0.2, 0.25) is 0 Å². The van der Waals surface area contributed by atoms with E-state index < -0.39 is 0 Å². The van der Waals surface area contributed by atoms with E-state index in [9.17, 15) is 5.11 Å². The molecule has 1 aromatic heterocycles. The zero-order chi connectivity index (χ0) is 7.84. The van der Waals surface area contributed by atoms with E-state index in [1.807, 2.05) is 19.1 Å². The second-order valence-corrected chi connectivity index (χ2v) is 2.67. The molecule has 56 valence electrons. The zero-order valence-corrected chi connectivity index (χ0v) is 10.3. The second-order valence-electron chi connectivity index (χ2n) is 2.67. The van der Waals surface area contributed by atoms with Gasteiger partial charge in [0.1, 0.15) is 0 Å². The molecule has 1 N–H and O–H groups in total. The summed E-state index contributed by atoms with van der Waals surface area (Å²) in [5.41, 5.74) is 1.96. The SMILES string of the molecule is Cc1cc2c([O-])cccc2[nH]1.[K+]. The normalized spacial score (nSPS) is 9.75. The first-order valence-corrected chi connectivity index (χ1v) is 3.53. The Bertz CT molecular complexity index is 394. The van der Waals surface area contributed by atoms with Crippen molar-refractivity contribution in [2.24, 2.45) is 0 Å². The molecule has 1 aromatic carbocycles. The van der Waals surface area contributed by atoms with Crippen molar-refractivity contribution in [1.29, 1.82) is 0 Å². The molecule has 1 heterocycles. The topological polar surface area (TPSA) is 38.8 Å². The molecular formula is C9H8KNO. The fourth-order valence-electron chi connectivity index (χ4n) is 1.27. The van der Waals surface area contributed by atoms with Gasteiger partial charge in [0.25, 0.3) is 0 Å². The van der Waals surface area contributed by atoms with E-state index in [4.69, 9.17) is 0 Å². The number of benzene rings is 1. The average Bonchev–Trinajstić information content (AvgIpc) is 2.31. The van der Waals surface area contributed by atoms with Gasteiger partial charge in [-0.05, 0) is 24.4 Å². The molecule has 0 amide bonds. The number of H-pyrrole nitrogens is 1. The minimum Gasteiger partial charge on any atom is -0.872 e. The molecule has 0 atom stereocenters. The summed E-state index contributed by atoms with van der Waals surface area (Å²) in [5.74, 6) is 0.0897. The van der Waals surface area contributed by atoms with E-state index in [0.717, 1.165) is 16.6 Å². The van der Waals surface area contributed by atoms with Gasteiger partial charge in [0.05, 0.1) is 0 Å². The summed E-state index contributed by atoms with van der Waals surface area (Å²) >= 11 is 0. The Morgan fingerprint density at radius 3 is 2.75 bits per heavy atom. The Kier molecular flexibility index (Phi) is 3.37. The van der Waals surface area contributed by atoms with Gasteiger partial charge in [0.2, 0.25) is 0 Å². The van der Waals surface area contributed by atoms with Gasteiger partial charge in [-0.1, -0.05) is 17.9 Å². The smallest absolute Gasteiger partial charge is 0.872 e. The van der Waals surface area contributed by atoms with E-state index in [1.54, 1.807) is 12.1 Å². The molecule has 3 heteroatoms. The van der Waals surface area contributed by atoms with Crippen LogP contribution in [0.15, 0.2) is 24.3 Å². The standard InChI is InChI=1S/C9H9NO.K/c1-6-5-7-8(10-6)3-2-4-9(7)11;/h2-5,10-11H,1H3;/q;+1/p-1. The van der Waals surface area contributed by atoms with Crippen LogP contribution in [0.3, 0.4) is 0 Å². The largest absolute Gasteiger partial charge is 1.00 e. The first kappa shape index (κ1) is 10.3. The minimum atomic E-state index is 0. The molecule has 0 aliphatic rings. The third-order valence-electron chi connectivity index (χ3n) is 1.76. The van der Waals surface area contributed by atoms with Crippen molar-refractivity contribution in [3.8, 4) is 5.75 Å². The molecule has 0 saturated carbocycles. The average molecular weight is 185 g/mol. The van der Waals surface area contributed by atoms with Crippen LogP contribution >= 0.6 is 0 Å². The molecule has 0 aliphatic heterocycles. The monoisotopic (exact) mass is 185 g/mol. The van der Waals surface area contributed by atoms with Crippen molar-refractivity contribution in [1.82, 2.24) is 4.98 Å². The molecule has 2 rings (SSSR count). The molecule has 0 saturated heterocycles. The molecule has 0 unspecified atom stereocenters. The molecular weight excluding hydrogens is 177 g/mol. The number of fused-ring (bicyclic) bond motifs is 1. The Balaban J connectivity index is 0.000000720. The number of aromatic nitrogens is 1. The van der Waals surface area contributed by atoms with Gasteiger partial charge in [-0.15, -0.1) is 0 Å². The third kappa shape index (κ3) is 1.75. The maximum absolute atomic E-state index is 11.2. The van der Waals surface area contributed by atoms with Crippen molar-refractivity contribution in [3.63, 3.8) is 0 Å². The first-order chi connectivity index (χ1) is 5.27. The van der Waals surface area contributed by atoms with E-state index in [1.165, 1.54) is 0 Å². The fourth-order valence-corrected chi connectivity index (χ4v) is 1.27. The van der Waals surface area contributed by atoms with Gasteiger partial charge in [0.15, 0.2) is 0 Å². The second kappa shape index (κ2) is 3.94. The molecule has 2 aromatic rings. The zero-order valence-electron chi connectivity index (χ0n) is 7.22. The molecule has 2 nitrogen and oxygen atoms in total. The molecule has 12 heavy (non-hydrogen) atoms. The third-order valence-corrected chi connectivity index (χ3v) is 1.76. The van der Waals surface area contributed by atoms with E-state index in [-0.39, 0.29) is 57.1 Å². The van der Waals surface area contributed by atoms with E-state index in [2.05, 4.69) is 4.98 Å². The van der Waals surface area contributed by atoms with Gasteiger partial charge < -0.3 is 10.1 Å². The van der Waals surface area contributed by atoms with Crippen LogP contribution in [0.25, 0.3) is 10.9 Å². The number of aromatic amines is 1. The predicted molar refractivity (Wildman–Crippen MR) is 42.5 cm³/mol. The quantitative estimate of drug-likeness (QED) is 0.501. The van der Waals surface area contributed by atoms with Crippen molar-refractivity contribution in [2.45, 2.75) is 6.92 Å². The van der Waals surface area contributed by atoms with Gasteiger partial charge >= 0.3 is 51.4 Å². The van der Waals surface area contributed by atoms with Crippen LogP contribution in [0.1, 0.15) is 5.69 Å². The van der Waals surface area contributed by atoms with Gasteiger partial charge in [-0.3, -0.25) is 0 Å². The molecule has 0 fully saturated rings. The number of hydrogen-bond donors (Lipinski definition) is 1. The van der Waals surface area contributed by atoms with Crippen molar-refractivity contribution in [2.75, 3.05) is 0 Å². The van der Waals surface area contributed by atoms with Crippen molar-refractivity contribution < 1.29 is 56.5 Å². The Labute approximate surface area is 113 Å². The summed E-state index contributed by atoms with van der Waals surface area (Å²) in [4.78, 5) is 3.10. The summed E-state index contributed by atoms with van der Waals surface area (Å²) < 4.78 is 0. The van der Waals surface area contributed by atoms with Crippen molar-refractivity contribution in [3.05, 3.63) is 30.0 Å². The summed E-state index contributed by atoms with van der Waals surface area (Å²) in [6, 6.07) is 7.12. The van der Waals surface area contributed by atoms with E-state index >= 15 is 0 Å². The molecule has 0 bridgehead atoms. The molecule has 0 spiro atoms. The van der Waals surface area contributed by atoms with Crippen LogP contribution in [0.4, 0.5) is 0 Å². The first-order valence-electron chi connectivity index (χ1n) is 3.53. The van der Waals surface area contributed by atoms with Crippen LogP contribution in [0, 0.1) is 6.92 Å². The summed E-state index contributed by atoms with van der Waals surface area (Å²) in [6.45, 7) is 1.94. The minimum absolute atomic E-state index is 0. The fraction of sp³-hybridized carbons (Fsp3) is 0.111. The van der Waals surface area contributed by atoms with Crippen molar-refractivity contribution >= 4 is 10.9 Å². The van der Waals surface area contributed by atoms with Gasteiger partial charge in [-0.25, -0.2) is 0 Å². The number of aryl methyl sites for hydroxylation is 1.